The Morgan fingerprint density at radius 3 is 0.696 bits per heavy atom. The van der Waals surface area contributed by atoms with Gasteiger partial charge in [-0.1, -0.05) is 334 Å². The molecule has 0 amide bonds. The molecule has 0 fully saturated rings. The molecule has 0 spiro atoms. The van der Waals surface area contributed by atoms with Crippen LogP contribution in [0.25, 0.3) is 232 Å². The van der Waals surface area contributed by atoms with E-state index in [0.29, 0.717) is 0 Å². The van der Waals surface area contributed by atoms with E-state index in [9.17, 15) is 0 Å². The monoisotopic (exact) mass is 1760 g/mol. The highest BCUT2D eigenvalue weighted by atomic mass is 14.7. The predicted octanol–water partition coefficient (Wildman–Crippen LogP) is 35.2. The molecule has 0 bridgehead atoms. The Balaban J connectivity index is 0.000000119. The van der Waals surface area contributed by atoms with Gasteiger partial charge in [-0.15, -0.1) is 0 Å². The molecule has 24 rings (SSSR count). The molecule has 138 heavy (non-hydrogen) atoms. The summed E-state index contributed by atoms with van der Waals surface area (Å²) in [5.74, 6) is 0. The van der Waals surface area contributed by atoms with Crippen LogP contribution in [-0.4, -0.2) is 29.9 Å². The molecule has 6 aromatic heterocycles. The molecule has 0 radical (unpaired) electrons. The van der Waals surface area contributed by atoms with Crippen LogP contribution >= 0.6 is 0 Å². The minimum absolute atomic E-state index is 0.976. The first-order chi connectivity index (χ1) is 67.9. The van der Waals surface area contributed by atoms with E-state index in [4.69, 9.17) is 29.9 Å². The van der Waals surface area contributed by atoms with Crippen LogP contribution in [0, 0.1) is 41.5 Å². The molecular formula is C132H96N6. The minimum Gasteiger partial charge on any atom is -0.256 e. The Bertz CT molecular complexity index is 8720. The number of fused-ring (bicyclic) bond motifs is 6. The van der Waals surface area contributed by atoms with Crippen molar-refractivity contribution in [2.75, 3.05) is 0 Å². The standard InChI is InChI=1S/3C44H32N2/c1-29-12-8-22-41(45-29)33-16-10-18-35(26-33)43-37-20-6-7-21-38(37)44(36-19-11-17-34(27-36)42-23-9-13-30(2)46-42)40-28-32(24-25-39(40)43)31-14-4-3-5-15-31;1-29-18-20-33(27-38(29)41-16-8-10-24-45-41)43-35-14-6-7-15-36(35)44(34-21-19-30(2)39(28-34)42-17-9-11-25-46-42)40-26-32(22-23-37(40)43)31-12-4-3-5-13-31;1-29-18-22-41(45-27-29)33-12-8-14-35(24-33)43-37-16-6-7-17-38(37)44(36-15-9-13-34(25-36)42-23-19-30(2)28-46-42)40-26-32(20-21-39(40)43)31-10-4-3-5-11-31/h3*3-28H,1-2H3. The highest BCUT2D eigenvalue weighted by Crippen LogP contribution is 2.51. The molecule has 654 valence electrons. The lowest BCUT2D eigenvalue weighted by molar-refractivity contribution is 1.20. The maximum Gasteiger partial charge on any atom is 0.0705 e. The zero-order valence-corrected chi connectivity index (χ0v) is 77.7. The Morgan fingerprint density at radius 1 is 0.145 bits per heavy atom. The van der Waals surface area contributed by atoms with E-state index in [1.165, 1.54) is 176 Å². The maximum absolute atomic E-state index is 4.84. The number of aryl methyl sites for hydroxylation is 6. The zero-order valence-electron chi connectivity index (χ0n) is 77.7. The molecule has 0 saturated heterocycles. The van der Waals surface area contributed by atoms with Gasteiger partial charge < -0.3 is 0 Å². The van der Waals surface area contributed by atoms with E-state index >= 15 is 0 Å². The van der Waals surface area contributed by atoms with E-state index < -0.39 is 0 Å². The van der Waals surface area contributed by atoms with Crippen LogP contribution in [0.3, 0.4) is 0 Å². The number of pyridine rings is 6. The number of benzene rings is 18. The maximum atomic E-state index is 4.84. The van der Waals surface area contributed by atoms with Crippen LogP contribution in [-0.2, 0) is 0 Å². The lowest BCUT2D eigenvalue weighted by Gasteiger charge is -2.20. The molecule has 0 unspecified atom stereocenters. The topological polar surface area (TPSA) is 77.3 Å². The molecule has 24 aromatic rings. The van der Waals surface area contributed by atoms with Crippen LogP contribution in [0.4, 0.5) is 0 Å². The first-order valence-electron chi connectivity index (χ1n) is 47.2. The minimum atomic E-state index is 0.976. The third kappa shape index (κ3) is 17.2. The molecule has 6 nitrogen and oxygen atoms in total. The molecule has 0 aliphatic carbocycles. The third-order valence-electron chi connectivity index (χ3n) is 26.7. The van der Waals surface area contributed by atoms with Crippen molar-refractivity contribution in [3.05, 3.63) is 507 Å². The Morgan fingerprint density at radius 2 is 0.399 bits per heavy atom. The normalized spacial score (nSPS) is 11.3. The molecule has 0 aliphatic rings. The molecule has 0 aliphatic heterocycles. The molecule has 0 atom stereocenters. The fourth-order valence-electron chi connectivity index (χ4n) is 20.0. The van der Waals surface area contributed by atoms with E-state index in [1.807, 2.05) is 62.9 Å². The molecule has 6 heteroatoms. The quantitative estimate of drug-likeness (QED) is 0.0952. The van der Waals surface area contributed by atoms with Gasteiger partial charge >= 0.3 is 0 Å². The van der Waals surface area contributed by atoms with Gasteiger partial charge in [0.2, 0.25) is 0 Å². The van der Waals surface area contributed by atoms with Crippen LogP contribution in [0.5, 0.6) is 0 Å². The van der Waals surface area contributed by atoms with Crippen molar-refractivity contribution in [2.24, 2.45) is 0 Å². The summed E-state index contributed by atoms with van der Waals surface area (Å²) >= 11 is 0. The number of hydrogen-bond acceptors (Lipinski definition) is 6. The fraction of sp³-hybridized carbons (Fsp3) is 0.0455. The van der Waals surface area contributed by atoms with Gasteiger partial charge in [0.25, 0.3) is 0 Å². The second kappa shape index (κ2) is 37.8. The van der Waals surface area contributed by atoms with Crippen molar-refractivity contribution in [3.8, 4) is 168 Å². The van der Waals surface area contributed by atoms with Gasteiger partial charge in [0.1, 0.15) is 0 Å². The van der Waals surface area contributed by atoms with Gasteiger partial charge in [0.15, 0.2) is 0 Å². The van der Waals surface area contributed by atoms with E-state index in [2.05, 4.69) is 452 Å². The van der Waals surface area contributed by atoms with Crippen LogP contribution < -0.4 is 0 Å². The molecule has 0 saturated carbocycles. The summed E-state index contributed by atoms with van der Waals surface area (Å²) in [6.45, 7) is 12.6. The summed E-state index contributed by atoms with van der Waals surface area (Å²) in [6, 6.07) is 161. The van der Waals surface area contributed by atoms with E-state index in [0.717, 1.165) is 90.1 Å². The van der Waals surface area contributed by atoms with Gasteiger partial charge in [-0.3, -0.25) is 29.9 Å². The molecule has 18 aromatic carbocycles. The van der Waals surface area contributed by atoms with Crippen molar-refractivity contribution in [1.29, 1.82) is 0 Å². The highest BCUT2D eigenvalue weighted by molar-refractivity contribution is 6.25. The highest BCUT2D eigenvalue weighted by Gasteiger charge is 2.25. The molecule has 6 heterocycles. The van der Waals surface area contributed by atoms with Crippen LogP contribution in [0.2, 0.25) is 0 Å². The van der Waals surface area contributed by atoms with Crippen molar-refractivity contribution in [1.82, 2.24) is 29.9 Å². The largest absolute Gasteiger partial charge is 0.256 e. The smallest absolute Gasteiger partial charge is 0.0705 e. The lowest BCUT2D eigenvalue weighted by atomic mass is 9.83. The number of rotatable bonds is 15. The zero-order chi connectivity index (χ0) is 93.1. The Labute approximate surface area is 805 Å². The first kappa shape index (κ1) is 85.9. The average Bonchev–Trinajstić information content (AvgIpc) is 0.735. The summed E-state index contributed by atoms with van der Waals surface area (Å²) in [6.07, 6.45) is 7.61. The van der Waals surface area contributed by atoms with Crippen LogP contribution in [0.1, 0.15) is 33.6 Å². The van der Waals surface area contributed by atoms with Crippen molar-refractivity contribution >= 4 is 64.6 Å². The van der Waals surface area contributed by atoms with Crippen molar-refractivity contribution in [2.45, 2.75) is 41.5 Å². The van der Waals surface area contributed by atoms with Gasteiger partial charge in [-0.25, -0.2) is 0 Å². The summed E-state index contributed by atoms with van der Waals surface area (Å²) in [5, 5.41) is 14.7. The molecular weight excluding hydrogens is 1670 g/mol. The van der Waals surface area contributed by atoms with Gasteiger partial charge in [-0.05, 0) is 344 Å². The van der Waals surface area contributed by atoms with Gasteiger partial charge in [-0.2, -0.15) is 0 Å². The second-order valence-electron chi connectivity index (χ2n) is 35.8. The fourth-order valence-corrected chi connectivity index (χ4v) is 20.0. The van der Waals surface area contributed by atoms with Gasteiger partial charge in [0, 0.05) is 69.6 Å². The van der Waals surface area contributed by atoms with E-state index in [-0.39, 0.29) is 0 Å². The third-order valence-corrected chi connectivity index (χ3v) is 26.7. The number of nitrogens with zero attached hydrogens (tertiary/aromatic N) is 6. The second-order valence-corrected chi connectivity index (χ2v) is 35.8. The summed E-state index contributed by atoms with van der Waals surface area (Å²) in [7, 11) is 0. The number of hydrogen-bond donors (Lipinski definition) is 0. The van der Waals surface area contributed by atoms with Crippen molar-refractivity contribution in [3.63, 3.8) is 0 Å². The average molecular weight is 1770 g/mol. The van der Waals surface area contributed by atoms with Gasteiger partial charge in [0.05, 0.1) is 34.2 Å². The van der Waals surface area contributed by atoms with Crippen LogP contribution in [0.15, 0.2) is 474 Å². The van der Waals surface area contributed by atoms with E-state index in [1.54, 1.807) is 0 Å². The Hall–Kier alpha value is -17.6. The number of aromatic nitrogens is 6. The van der Waals surface area contributed by atoms with Crippen molar-refractivity contribution < 1.29 is 0 Å². The Kier molecular flexibility index (Phi) is 23.5. The SMILES string of the molecule is Cc1ccc(-c2c3ccccc3c(-c3ccc(C)c(-c4ccccn4)c3)c3cc(-c4ccccc4)ccc23)cc1-c1ccccn1.Cc1ccc(-c2cccc(-c3c4ccccc4c(-c4cccc(-c5ccc(C)cn5)c4)c4cc(-c5ccccc5)ccc34)c2)nc1.Cc1cccc(-c2cccc(-c3c4ccccc4c(-c4cccc(-c5cccc(C)n5)c4)c4cc(-c5ccccc5)ccc34)c2)n1. The summed E-state index contributed by atoms with van der Waals surface area (Å²) < 4.78 is 0. The lowest BCUT2D eigenvalue weighted by Crippen LogP contribution is -1.94. The first-order valence-corrected chi connectivity index (χ1v) is 47.2. The predicted molar refractivity (Wildman–Crippen MR) is 581 cm³/mol. The molecule has 0 N–H and O–H groups in total. The summed E-state index contributed by atoms with van der Waals surface area (Å²) in [5.41, 5.74) is 41.1. The summed E-state index contributed by atoms with van der Waals surface area (Å²) in [4.78, 5) is 28.6.